The third-order valence-electron chi connectivity index (χ3n) is 13.2. The first kappa shape index (κ1) is 40.3. The van der Waals surface area contributed by atoms with Gasteiger partial charge in [-0.2, -0.15) is 0 Å². The normalized spacial score (nSPS) is 24.4. The number of ether oxygens (including phenoxy) is 2. The fourth-order valence-corrected chi connectivity index (χ4v) is 10.5. The number of hydrogen-bond donors (Lipinski definition) is 2. The summed E-state index contributed by atoms with van der Waals surface area (Å²) in [5.74, 6) is 4.80. The molecule has 12 nitrogen and oxygen atoms in total. The van der Waals surface area contributed by atoms with Crippen molar-refractivity contribution in [3.8, 4) is 17.6 Å². The number of nitrogens with zero attached hydrogens (tertiary/aromatic N) is 5. The topological polar surface area (TPSA) is 139 Å². The molecule has 1 aromatic heterocycles. The van der Waals surface area contributed by atoms with Crippen LogP contribution in [0, 0.1) is 17.8 Å². The Bertz CT molecular complexity index is 2710. The maximum atomic E-state index is 15.8. The largest absolute Gasteiger partial charge is 0.491 e. The number of carbonyl (C=O) groups excluding carboxylic acids is 3. The van der Waals surface area contributed by atoms with E-state index in [-0.39, 0.29) is 31.6 Å². The summed E-state index contributed by atoms with van der Waals surface area (Å²) < 4.78 is 14.2. The third kappa shape index (κ3) is 7.11. The van der Waals surface area contributed by atoms with Gasteiger partial charge < -0.3 is 24.8 Å². The van der Waals surface area contributed by atoms with Gasteiger partial charge in [0.1, 0.15) is 42.0 Å². The zero-order chi connectivity index (χ0) is 42.9. The highest BCUT2D eigenvalue weighted by Crippen LogP contribution is 2.65. The first-order valence-corrected chi connectivity index (χ1v) is 21.9. The van der Waals surface area contributed by atoms with Crippen molar-refractivity contribution in [3.63, 3.8) is 0 Å². The number of cyclic esters (lactones) is 1. The molecule has 0 bridgehead atoms. The number of morpholine rings is 1. The molecule has 0 saturated carbocycles. The minimum absolute atomic E-state index is 0.112. The van der Waals surface area contributed by atoms with E-state index in [0.717, 1.165) is 59.8 Å². The standard InChI is InChI=1S/C51H48N6O6/c58-31-32-62-38-25-23-37(24-26-38)47-51(39-33-34(22-27-40(39)52-50(51)61)15-14-30-56-42-21-11-10-20-41(42)53-54-56)43(48(59)55-28-12-2-1-3-13-29-55)45-49(60)63-46(36-18-8-5-9-19-36)44(57(45)47)35-16-6-4-7-17-35/h4-11,16-27,33,43-47,58H,1-3,12-13,28-32H2,(H,52,61). The zero-order valence-corrected chi connectivity index (χ0v) is 34.8. The van der Waals surface area contributed by atoms with E-state index in [9.17, 15) is 5.11 Å². The smallest absolute Gasteiger partial charge is 0.324 e. The Kier molecular flexibility index (Phi) is 11.0. The predicted octanol–water partition coefficient (Wildman–Crippen LogP) is 6.92. The maximum Gasteiger partial charge on any atom is 0.324 e. The number of carbonyl (C=O) groups is 3. The fourth-order valence-electron chi connectivity index (χ4n) is 10.5. The molecule has 1 spiro atoms. The van der Waals surface area contributed by atoms with Gasteiger partial charge in [-0.05, 0) is 77.6 Å². The third-order valence-corrected chi connectivity index (χ3v) is 13.2. The summed E-state index contributed by atoms with van der Waals surface area (Å²) in [6.07, 6.45) is 3.98. The molecule has 2 amide bonds. The van der Waals surface area contributed by atoms with Crippen molar-refractivity contribution in [2.24, 2.45) is 5.92 Å². The second kappa shape index (κ2) is 17.2. The summed E-state index contributed by atoms with van der Waals surface area (Å²) >= 11 is 0. The summed E-state index contributed by atoms with van der Waals surface area (Å²) in [6.45, 7) is 1.30. The molecular formula is C51H48N6O6. The van der Waals surface area contributed by atoms with E-state index >= 15 is 14.4 Å². The average molecular weight is 841 g/mol. The Balaban J connectivity index is 1.19. The molecule has 4 aliphatic rings. The molecule has 0 aliphatic carbocycles. The van der Waals surface area contributed by atoms with Crippen molar-refractivity contribution in [3.05, 3.63) is 155 Å². The SMILES string of the molecule is O=C1OC(c2ccccc2)C(c2ccccc2)N2C1C(C(=O)N1CCCCCCC1)C1(C(=O)Nc3ccc(C#CCn4nnc5ccccc54)cc31)C2c1ccc(OCCO)cc1. The number of anilines is 1. The summed E-state index contributed by atoms with van der Waals surface area (Å²) in [6, 6.07) is 37.8. The van der Waals surface area contributed by atoms with Gasteiger partial charge in [0.25, 0.3) is 0 Å². The summed E-state index contributed by atoms with van der Waals surface area (Å²) in [5.41, 5.74) is 4.24. The van der Waals surface area contributed by atoms with Gasteiger partial charge in [-0.25, -0.2) is 4.68 Å². The van der Waals surface area contributed by atoms with Crippen LogP contribution in [-0.2, 0) is 31.1 Å². The van der Waals surface area contributed by atoms with E-state index in [0.29, 0.717) is 35.7 Å². The molecule has 3 fully saturated rings. The number of aliphatic hydroxyl groups is 1. The number of rotatable bonds is 8. The van der Waals surface area contributed by atoms with Gasteiger partial charge >= 0.3 is 5.97 Å². The fraction of sp³-hybridized carbons (Fsp3) is 0.314. The lowest BCUT2D eigenvalue weighted by Gasteiger charge is -2.46. The predicted molar refractivity (Wildman–Crippen MR) is 236 cm³/mol. The van der Waals surface area contributed by atoms with Crippen LogP contribution in [-0.4, -0.2) is 80.0 Å². The molecule has 3 saturated heterocycles. The van der Waals surface area contributed by atoms with Gasteiger partial charge in [0.15, 0.2) is 0 Å². The number of para-hydroxylation sites is 1. The minimum Gasteiger partial charge on any atom is -0.491 e. The van der Waals surface area contributed by atoms with E-state index in [1.807, 2.05) is 132 Å². The second-order valence-corrected chi connectivity index (χ2v) is 16.8. The number of likely N-dealkylation sites (tertiary alicyclic amines) is 1. The van der Waals surface area contributed by atoms with Crippen LogP contribution in [0.25, 0.3) is 11.0 Å². The molecule has 12 heteroatoms. The Morgan fingerprint density at radius 1 is 0.810 bits per heavy atom. The van der Waals surface area contributed by atoms with Gasteiger partial charge in [-0.15, -0.1) is 5.10 Å². The molecule has 6 unspecified atom stereocenters. The number of nitrogens with one attached hydrogen (secondary N) is 1. The lowest BCUT2D eigenvalue weighted by Crippen LogP contribution is -2.55. The lowest BCUT2D eigenvalue weighted by molar-refractivity contribution is -0.179. The average Bonchev–Trinajstić information content (AvgIpc) is 3.96. The molecule has 318 valence electrons. The Morgan fingerprint density at radius 2 is 1.51 bits per heavy atom. The molecule has 6 atom stereocenters. The Labute approximate surface area is 365 Å². The molecule has 4 aliphatic heterocycles. The van der Waals surface area contributed by atoms with E-state index in [2.05, 4.69) is 32.4 Å². The first-order chi connectivity index (χ1) is 31.0. The van der Waals surface area contributed by atoms with Crippen LogP contribution in [0.4, 0.5) is 5.69 Å². The molecular weight excluding hydrogens is 793 g/mol. The molecule has 0 radical (unpaired) electrons. The van der Waals surface area contributed by atoms with E-state index in [1.165, 1.54) is 0 Å². The number of aromatic nitrogens is 3. The van der Waals surface area contributed by atoms with E-state index < -0.39 is 41.5 Å². The van der Waals surface area contributed by atoms with Gasteiger partial charge in [0.05, 0.1) is 30.1 Å². The first-order valence-electron chi connectivity index (χ1n) is 21.9. The number of hydrogen-bond acceptors (Lipinski definition) is 9. The van der Waals surface area contributed by atoms with Crippen molar-refractivity contribution >= 4 is 34.5 Å². The van der Waals surface area contributed by atoms with Crippen molar-refractivity contribution in [2.45, 2.75) is 68.3 Å². The van der Waals surface area contributed by atoms with Crippen molar-refractivity contribution in [2.75, 3.05) is 31.6 Å². The van der Waals surface area contributed by atoms with Gasteiger partial charge in [0, 0.05) is 24.3 Å². The van der Waals surface area contributed by atoms with Gasteiger partial charge in [-0.3, -0.25) is 19.3 Å². The van der Waals surface area contributed by atoms with Crippen LogP contribution in [0.15, 0.2) is 127 Å². The number of amides is 2. The zero-order valence-electron chi connectivity index (χ0n) is 34.8. The summed E-state index contributed by atoms with van der Waals surface area (Å²) in [4.78, 5) is 50.7. The van der Waals surface area contributed by atoms with Crippen LogP contribution in [0.5, 0.6) is 5.75 Å². The maximum absolute atomic E-state index is 15.8. The summed E-state index contributed by atoms with van der Waals surface area (Å²) in [5, 5.41) is 21.3. The molecule has 10 rings (SSSR count). The monoisotopic (exact) mass is 840 g/mol. The van der Waals surface area contributed by atoms with Crippen LogP contribution in [0.1, 0.15) is 78.1 Å². The van der Waals surface area contributed by atoms with Crippen molar-refractivity contribution < 1.29 is 29.0 Å². The highest BCUT2D eigenvalue weighted by atomic mass is 16.6. The number of esters is 1. The summed E-state index contributed by atoms with van der Waals surface area (Å²) in [7, 11) is 0. The van der Waals surface area contributed by atoms with E-state index in [1.54, 1.807) is 4.68 Å². The highest BCUT2D eigenvalue weighted by Gasteiger charge is 2.74. The number of aliphatic hydroxyl groups excluding tert-OH is 1. The number of fused-ring (bicyclic) bond motifs is 4. The number of benzene rings is 5. The van der Waals surface area contributed by atoms with Crippen LogP contribution in [0.3, 0.4) is 0 Å². The van der Waals surface area contributed by atoms with Crippen LogP contribution >= 0.6 is 0 Å². The molecule has 2 N–H and O–H groups in total. The van der Waals surface area contributed by atoms with E-state index in [4.69, 9.17) is 9.47 Å². The molecule has 6 aromatic rings. The lowest BCUT2D eigenvalue weighted by atomic mass is 9.65. The second-order valence-electron chi connectivity index (χ2n) is 16.8. The molecule has 5 heterocycles. The minimum atomic E-state index is -1.62. The Morgan fingerprint density at radius 3 is 2.25 bits per heavy atom. The molecule has 5 aromatic carbocycles. The van der Waals surface area contributed by atoms with Crippen LogP contribution in [0.2, 0.25) is 0 Å². The van der Waals surface area contributed by atoms with Crippen molar-refractivity contribution in [1.82, 2.24) is 24.8 Å². The van der Waals surface area contributed by atoms with Gasteiger partial charge in [-0.1, -0.05) is 121 Å². The van der Waals surface area contributed by atoms with Crippen LogP contribution < -0.4 is 10.1 Å². The highest BCUT2D eigenvalue weighted by molar-refractivity contribution is 6.12. The van der Waals surface area contributed by atoms with Gasteiger partial charge in [0.2, 0.25) is 11.8 Å². The Hall–Kier alpha value is -6.81. The molecule has 63 heavy (non-hydrogen) atoms. The van der Waals surface area contributed by atoms with Crippen molar-refractivity contribution in [1.29, 1.82) is 0 Å². The quantitative estimate of drug-likeness (QED) is 0.124.